The molecule has 31 heavy (non-hydrogen) atoms. The average Bonchev–Trinajstić information content (AvgIpc) is 3.57. The number of carbonyl (C=O) groups is 1. The topological polar surface area (TPSA) is 41.6 Å². The van der Waals surface area contributed by atoms with Gasteiger partial charge in [-0.15, -0.1) is 0 Å². The molecule has 3 saturated heterocycles. The molecule has 2 atom stereocenters. The number of hydrogen-bond acceptors (Lipinski definition) is 3. The van der Waals surface area contributed by atoms with E-state index in [-0.39, 0.29) is 23.7 Å². The van der Waals surface area contributed by atoms with Gasteiger partial charge in [0.2, 0.25) is 0 Å². The molecule has 5 aliphatic rings. The van der Waals surface area contributed by atoms with Crippen molar-refractivity contribution < 1.29 is 9.53 Å². The Morgan fingerprint density at radius 1 is 1.10 bits per heavy atom. The summed E-state index contributed by atoms with van der Waals surface area (Å²) in [6, 6.07) is 14.6. The van der Waals surface area contributed by atoms with E-state index in [1.807, 2.05) is 18.2 Å². The summed E-state index contributed by atoms with van der Waals surface area (Å²) in [6.45, 7) is 3.19. The van der Waals surface area contributed by atoms with E-state index in [1.165, 1.54) is 24.0 Å². The van der Waals surface area contributed by atoms with Crippen LogP contribution in [0.25, 0.3) is 11.1 Å². The van der Waals surface area contributed by atoms with Crippen molar-refractivity contribution in [1.29, 1.82) is 0 Å². The van der Waals surface area contributed by atoms with E-state index in [0.29, 0.717) is 5.92 Å². The number of rotatable bonds is 3. The van der Waals surface area contributed by atoms with Crippen molar-refractivity contribution in [3.8, 4) is 11.1 Å². The summed E-state index contributed by atoms with van der Waals surface area (Å²) in [7, 11) is 0. The Balaban J connectivity index is 1.26. The number of benzene rings is 2. The van der Waals surface area contributed by atoms with Crippen LogP contribution in [-0.4, -0.2) is 36.7 Å². The summed E-state index contributed by atoms with van der Waals surface area (Å²) in [5.74, 6) is 0.524. The van der Waals surface area contributed by atoms with Crippen LogP contribution < -0.4 is 5.32 Å². The van der Waals surface area contributed by atoms with Crippen LogP contribution in [0.1, 0.15) is 49.3 Å². The highest BCUT2D eigenvalue weighted by atomic mass is 35.5. The number of hydrogen-bond donors (Lipinski definition) is 1. The van der Waals surface area contributed by atoms with Gasteiger partial charge in [0, 0.05) is 17.1 Å². The molecule has 2 aliphatic carbocycles. The fourth-order valence-electron chi connectivity index (χ4n) is 6.08. The number of piperidine rings is 3. The largest absolute Gasteiger partial charge is 0.445 e. The van der Waals surface area contributed by atoms with Crippen LogP contribution in [-0.2, 0) is 11.2 Å². The zero-order valence-electron chi connectivity index (χ0n) is 17.8. The fraction of sp³-hybridized carbons (Fsp3) is 0.500. The molecular weight excluding hydrogens is 408 g/mol. The summed E-state index contributed by atoms with van der Waals surface area (Å²) >= 11 is 6.48. The van der Waals surface area contributed by atoms with Gasteiger partial charge in [0.05, 0.1) is 6.04 Å². The third-order valence-electron chi connectivity index (χ3n) is 8.16. The van der Waals surface area contributed by atoms with Crippen molar-refractivity contribution in [2.24, 2.45) is 11.3 Å². The van der Waals surface area contributed by atoms with Crippen molar-refractivity contribution in [3.05, 3.63) is 58.6 Å². The molecule has 2 aromatic rings. The molecule has 2 aromatic carbocycles. The van der Waals surface area contributed by atoms with Gasteiger partial charge in [-0.05, 0) is 91.8 Å². The quantitative estimate of drug-likeness (QED) is 0.681. The molecule has 1 saturated carbocycles. The highest BCUT2D eigenvalue weighted by Gasteiger charge is 2.53. The Kier molecular flexibility index (Phi) is 4.77. The highest BCUT2D eigenvalue weighted by molar-refractivity contribution is 6.33. The number of carbonyl (C=O) groups excluding carboxylic acids is 1. The maximum absolute atomic E-state index is 13.0. The van der Waals surface area contributed by atoms with Crippen LogP contribution in [0.2, 0.25) is 5.02 Å². The number of nitrogens with one attached hydrogen (secondary N) is 1. The second-order valence-electron chi connectivity index (χ2n) is 9.91. The SMILES string of the molecule is O=C(NC1c2cc(-c3ccccc3Cl)ccc2CCC12CC2)O[C@H]1CN2CCC1CC2. The summed E-state index contributed by atoms with van der Waals surface area (Å²) < 4.78 is 5.99. The lowest BCUT2D eigenvalue weighted by Crippen LogP contribution is -2.53. The first kappa shape index (κ1) is 19.6. The maximum Gasteiger partial charge on any atom is 0.407 e. The Morgan fingerprint density at radius 2 is 1.90 bits per heavy atom. The van der Waals surface area contributed by atoms with Gasteiger partial charge in [-0.2, -0.15) is 0 Å². The third kappa shape index (κ3) is 3.54. The highest BCUT2D eigenvalue weighted by Crippen LogP contribution is 2.61. The Morgan fingerprint density at radius 3 is 2.61 bits per heavy atom. The molecular formula is C26H29ClN2O2. The van der Waals surface area contributed by atoms with E-state index in [4.69, 9.17) is 16.3 Å². The normalized spacial score (nSPS) is 30.0. The van der Waals surface area contributed by atoms with Gasteiger partial charge < -0.3 is 10.1 Å². The Labute approximate surface area is 188 Å². The first-order valence-electron chi connectivity index (χ1n) is 11.7. The van der Waals surface area contributed by atoms with E-state index < -0.39 is 0 Å². The zero-order valence-corrected chi connectivity index (χ0v) is 18.5. The molecule has 1 amide bonds. The molecule has 3 aliphatic heterocycles. The van der Waals surface area contributed by atoms with Crippen LogP contribution in [0.15, 0.2) is 42.5 Å². The number of aryl methyl sites for hydroxylation is 1. The molecule has 1 N–H and O–H groups in total. The van der Waals surface area contributed by atoms with E-state index in [2.05, 4.69) is 34.5 Å². The lowest BCUT2D eigenvalue weighted by atomic mass is 9.76. The smallest absolute Gasteiger partial charge is 0.407 e. The lowest BCUT2D eigenvalue weighted by Gasteiger charge is -2.44. The molecule has 4 nitrogen and oxygen atoms in total. The standard InChI is InChI=1S/C26H29ClN2O2/c27-22-4-2-1-3-20(22)19-6-5-17-7-10-26(11-12-26)24(21(17)15-19)28-25(30)31-23-16-29-13-8-18(23)9-14-29/h1-6,15,18,23-24H,7-14,16H2,(H,28,30)/t23-,24?/m0/s1. The molecule has 4 fully saturated rings. The van der Waals surface area contributed by atoms with Crippen LogP contribution in [0.4, 0.5) is 4.79 Å². The van der Waals surface area contributed by atoms with Crippen molar-refractivity contribution >= 4 is 17.7 Å². The van der Waals surface area contributed by atoms with Gasteiger partial charge in [0.15, 0.2) is 0 Å². The predicted octanol–water partition coefficient (Wildman–Crippen LogP) is 5.59. The number of amides is 1. The van der Waals surface area contributed by atoms with Crippen LogP contribution in [0.5, 0.6) is 0 Å². The van der Waals surface area contributed by atoms with E-state index >= 15 is 0 Å². The summed E-state index contributed by atoms with van der Waals surface area (Å²) in [4.78, 5) is 15.4. The van der Waals surface area contributed by atoms with Gasteiger partial charge in [-0.3, -0.25) is 4.90 Å². The average molecular weight is 437 g/mol. The molecule has 7 rings (SSSR count). The zero-order chi connectivity index (χ0) is 21.0. The Bertz CT molecular complexity index is 1010. The molecule has 1 spiro atoms. The number of nitrogens with zero attached hydrogens (tertiary/aromatic N) is 1. The van der Waals surface area contributed by atoms with Crippen LogP contribution in [0, 0.1) is 11.3 Å². The minimum absolute atomic E-state index is 0.0206. The second-order valence-corrected chi connectivity index (χ2v) is 10.3. The minimum Gasteiger partial charge on any atom is -0.445 e. The van der Waals surface area contributed by atoms with Gasteiger partial charge in [-0.25, -0.2) is 4.79 Å². The van der Waals surface area contributed by atoms with E-state index in [1.54, 1.807) is 0 Å². The van der Waals surface area contributed by atoms with Crippen molar-refractivity contribution in [2.75, 3.05) is 19.6 Å². The molecule has 5 heteroatoms. The van der Waals surface area contributed by atoms with E-state index in [0.717, 1.165) is 61.5 Å². The Hall–Kier alpha value is -2.04. The van der Waals surface area contributed by atoms with E-state index in [9.17, 15) is 4.79 Å². The minimum atomic E-state index is -0.244. The van der Waals surface area contributed by atoms with Gasteiger partial charge in [0.25, 0.3) is 0 Å². The van der Waals surface area contributed by atoms with Gasteiger partial charge in [0.1, 0.15) is 6.10 Å². The maximum atomic E-state index is 13.0. The number of fused-ring (bicyclic) bond motifs is 4. The predicted molar refractivity (Wildman–Crippen MR) is 122 cm³/mol. The van der Waals surface area contributed by atoms with Gasteiger partial charge in [-0.1, -0.05) is 41.9 Å². The van der Waals surface area contributed by atoms with Gasteiger partial charge >= 0.3 is 6.09 Å². The third-order valence-corrected chi connectivity index (χ3v) is 8.48. The van der Waals surface area contributed by atoms with Crippen LogP contribution in [0.3, 0.4) is 0 Å². The molecule has 3 heterocycles. The molecule has 0 radical (unpaired) electrons. The first-order valence-corrected chi connectivity index (χ1v) is 12.1. The summed E-state index contributed by atoms with van der Waals surface area (Å²) in [6.07, 6.45) is 6.65. The number of alkyl carbamates (subject to hydrolysis) is 1. The molecule has 1 unspecified atom stereocenters. The fourth-order valence-corrected chi connectivity index (χ4v) is 6.32. The lowest BCUT2D eigenvalue weighted by molar-refractivity contribution is -0.0347. The summed E-state index contributed by atoms with van der Waals surface area (Å²) in [5.41, 5.74) is 4.92. The van der Waals surface area contributed by atoms with Crippen molar-refractivity contribution in [3.63, 3.8) is 0 Å². The van der Waals surface area contributed by atoms with Crippen LogP contribution >= 0.6 is 11.6 Å². The van der Waals surface area contributed by atoms with Crippen molar-refractivity contribution in [2.45, 2.75) is 50.7 Å². The number of ether oxygens (including phenoxy) is 1. The summed E-state index contributed by atoms with van der Waals surface area (Å²) in [5, 5.41) is 4.07. The number of halogens is 1. The first-order chi connectivity index (χ1) is 15.1. The molecule has 162 valence electrons. The monoisotopic (exact) mass is 436 g/mol. The van der Waals surface area contributed by atoms with Crippen molar-refractivity contribution in [1.82, 2.24) is 10.2 Å². The molecule has 0 aromatic heterocycles. The molecule has 2 bridgehead atoms. The second kappa shape index (κ2) is 7.53.